The Balaban J connectivity index is 3.19. The number of benzene rings is 1. The molecule has 0 saturated heterocycles. The van der Waals surface area contributed by atoms with Crippen LogP contribution in [0.2, 0.25) is 0 Å². The van der Waals surface area contributed by atoms with Crippen molar-refractivity contribution < 1.29 is 13.2 Å². The zero-order chi connectivity index (χ0) is 11.6. The number of alkyl halides is 1. The summed E-state index contributed by atoms with van der Waals surface area (Å²) in [6.45, 7) is 3.59. The summed E-state index contributed by atoms with van der Waals surface area (Å²) in [5, 5.41) is 0.679. The maximum Gasteiger partial charge on any atom is 0.161 e. The van der Waals surface area contributed by atoms with Gasteiger partial charge in [-0.3, -0.25) is 0 Å². The first-order valence-electron chi connectivity index (χ1n) is 4.59. The lowest BCUT2D eigenvalue weighted by Crippen LogP contribution is -2.20. The summed E-state index contributed by atoms with van der Waals surface area (Å²) in [5.41, 5.74) is -0.303. The molecule has 84 valence electrons. The molecule has 0 atom stereocenters. The summed E-state index contributed by atoms with van der Waals surface area (Å²) in [5.74, 6) is -2.85. The van der Waals surface area contributed by atoms with Gasteiger partial charge in [-0.15, -0.1) is 0 Å². The van der Waals surface area contributed by atoms with Gasteiger partial charge in [-0.1, -0.05) is 29.8 Å². The van der Waals surface area contributed by atoms with Crippen LogP contribution in [-0.2, 0) is 5.41 Å². The quantitative estimate of drug-likeness (QED) is 0.576. The van der Waals surface area contributed by atoms with Crippen LogP contribution in [0.25, 0.3) is 0 Å². The minimum absolute atomic E-state index is 0.209. The van der Waals surface area contributed by atoms with Crippen LogP contribution in [0, 0.1) is 17.5 Å². The van der Waals surface area contributed by atoms with Gasteiger partial charge in [0.15, 0.2) is 11.6 Å². The first-order valence-corrected chi connectivity index (χ1v) is 5.71. The van der Waals surface area contributed by atoms with Gasteiger partial charge in [0.25, 0.3) is 0 Å². The monoisotopic (exact) mass is 280 g/mol. The first-order chi connectivity index (χ1) is 6.88. The van der Waals surface area contributed by atoms with Gasteiger partial charge in [0, 0.05) is 11.4 Å². The molecule has 0 radical (unpaired) electrons. The summed E-state index contributed by atoms with van der Waals surface area (Å²) in [4.78, 5) is 0. The molecule has 0 amide bonds. The molecule has 0 aliphatic rings. The Bertz CT molecular complexity index is 361. The first kappa shape index (κ1) is 12.6. The van der Waals surface area contributed by atoms with E-state index in [9.17, 15) is 13.2 Å². The third-order valence-electron chi connectivity index (χ3n) is 2.46. The molecule has 0 heterocycles. The fourth-order valence-corrected chi connectivity index (χ4v) is 2.40. The van der Waals surface area contributed by atoms with Gasteiger partial charge < -0.3 is 0 Å². The van der Waals surface area contributed by atoms with Gasteiger partial charge >= 0.3 is 0 Å². The third kappa shape index (κ3) is 2.74. The van der Waals surface area contributed by atoms with Gasteiger partial charge in [0.1, 0.15) is 5.82 Å². The second kappa shape index (κ2) is 4.56. The van der Waals surface area contributed by atoms with E-state index in [-0.39, 0.29) is 5.56 Å². The zero-order valence-corrected chi connectivity index (χ0v) is 10.2. The van der Waals surface area contributed by atoms with E-state index in [4.69, 9.17) is 0 Å². The maximum atomic E-state index is 13.4. The normalized spacial score (nSPS) is 11.9. The van der Waals surface area contributed by atoms with E-state index in [0.29, 0.717) is 17.8 Å². The molecule has 0 bridgehead atoms. The molecule has 0 saturated carbocycles. The molecule has 0 unspecified atom stereocenters. The highest BCUT2D eigenvalue weighted by Gasteiger charge is 2.25. The highest BCUT2D eigenvalue weighted by Crippen LogP contribution is 2.31. The fourth-order valence-electron chi connectivity index (χ4n) is 1.41. The Morgan fingerprint density at radius 2 is 1.60 bits per heavy atom. The lowest BCUT2D eigenvalue weighted by atomic mass is 9.82. The molecule has 0 fully saturated rings. The van der Waals surface area contributed by atoms with Gasteiger partial charge in [0.2, 0.25) is 0 Å². The molecule has 0 aromatic heterocycles. The van der Waals surface area contributed by atoms with Crippen LogP contribution in [0.5, 0.6) is 0 Å². The van der Waals surface area contributed by atoms with Crippen molar-refractivity contribution in [2.75, 3.05) is 5.33 Å². The van der Waals surface area contributed by atoms with Crippen molar-refractivity contribution >= 4 is 15.9 Å². The van der Waals surface area contributed by atoms with Crippen LogP contribution in [0.4, 0.5) is 13.2 Å². The summed E-state index contributed by atoms with van der Waals surface area (Å²) in [7, 11) is 0. The van der Waals surface area contributed by atoms with Crippen molar-refractivity contribution in [2.45, 2.75) is 25.7 Å². The van der Waals surface area contributed by atoms with Crippen LogP contribution >= 0.6 is 15.9 Å². The number of hydrogen-bond donors (Lipinski definition) is 0. The highest BCUT2D eigenvalue weighted by atomic mass is 79.9. The zero-order valence-electron chi connectivity index (χ0n) is 8.58. The van der Waals surface area contributed by atoms with Crippen LogP contribution in [-0.4, -0.2) is 5.33 Å². The molecule has 0 nitrogen and oxygen atoms in total. The average molecular weight is 281 g/mol. The van der Waals surface area contributed by atoms with Crippen molar-refractivity contribution in [2.24, 2.45) is 0 Å². The van der Waals surface area contributed by atoms with Gasteiger partial charge in [0.05, 0.1) is 0 Å². The fraction of sp³-hybridized carbons (Fsp3) is 0.455. The van der Waals surface area contributed by atoms with Gasteiger partial charge in [-0.2, -0.15) is 0 Å². The molecule has 4 heteroatoms. The molecule has 1 aromatic carbocycles. The number of halogens is 4. The van der Waals surface area contributed by atoms with Crippen molar-refractivity contribution in [1.29, 1.82) is 0 Å². The van der Waals surface area contributed by atoms with Crippen molar-refractivity contribution in [3.05, 3.63) is 35.1 Å². The molecule has 1 aromatic rings. The molecule has 15 heavy (non-hydrogen) atoms. The summed E-state index contributed by atoms with van der Waals surface area (Å²) < 4.78 is 39.1. The second-order valence-electron chi connectivity index (χ2n) is 4.07. The molecule has 0 aliphatic carbocycles. The summed E-state index contributed by atoms with van der Waals surface area (Å²) in [6, 6.07) is 1.54. The third-order valence-corrected chi connectivity index (χ3v) is 2.86. The summed E-state index contributed by atoms with van der Waals surface area (Å²) in [6.07, 6.45) is 0.648. The van der Waals surface area contributed by atoms with Crippen molar-refractivity contribution in [3.8, 4) is 0 Å². The van der Waals surface area contributed by atoms with Crippen LogP contribution < -0.4 is 0 Å². The largest absolute Gasteiger partial charge is 0.207 e. The molecular weight excluding hydrogens is 269 g/mol. The minimum atomic E-state index is -1.15. The Kier molecular flexibility index (Phi) is 3.82. The lowest BCUT2D eigenvalue weighted by molar-refractivity contribution is 0.446. The van der Waals surface area contributed by atoms with E-state index in [0.717, 1.165) is 6.07 Å². The molecule has 0 N–H and O–H groups in total. The Morgan fingerprint density at radius 3 is 2.13 bits per heavy atom. The Labute approximate surface area is 95.6 Å². The topological polar surface area (TPSA) is 0 Å². The SMILES string of the molecule is CC(C)(CCBr)c1cc(F)c(F)cc1F. The maximum absolute atomic E-state index is 13.4. The van der Waals surface area contributed by atoms with Crippen molar-refractivity contribution in [1.82, 2.24) is 0 Å². The highest BCUT2D eigenvalue weighted by molar-refractivity contribution is 9.09. The second-order valence-corrected chi connectivity index (χ2v) is 4.86. The van der Waals surface area contributed by atoms with Crippen LogP contribution in [0.3, 0.4) is 0 Å². The molecular formula is C11H12BrF3. The predicted octanol–water partition coefficient (Wildman–Crippen LogP) is 4.17. The van der Waals surface area contributed by atoms with E-state index in [1.54, 1.807) is 13.8 Å². The van der Waals surface area contributed by atoms with E-state index < -0.39 is 22.9 Å². The smallest absolute Gasteiger partial charge is 0.161 e. The number of rotatable bonds is 3. The Morgan fingerprint density at radius 1 is 1.07 bits per heavy atom. The molecule has 0 aliphatic heterocycles. The number of hydrogen-bond acceptors (Lipinski definition) is 0. The average Bonchev–Trinajstić information content (AvgIpc) is 2.11. The van der Waals surface area contributed by atoms with Crippen molar-refractivity contribution in [3.63, 3.8) is 0 Å². The predicted molar refractivity (Wildman–Crippen MR) is 57.8 cm³/mol. The van der Waals surface area contributed by atoms with Crippen LogP contribution in [0.15, 0.2) is 12.1 Å². The van der Waals surface area contributed by atoms with Gasteiger partial charge in [-0.05, 0) is 23.5 Å². The minimum Gasteiger partial charge on any atom is -0.207 e. The van der Waals surface area contributed by atoms with Gasteiger partial charge in [-0.25, -0.2) is 13.2 Å². The van der Waals surface area contributed by atoms with E-state index in [2.05, 4.69) is 15.9 Å². The van der Waals surface area contributed by atoms with E-state index in [1.165, 1.54) is 0 Å². The standard InChI is InChI=1S/C11H12BrF3/c1-11(2,3-4-12)7-5-9(14)10(15)6-8(7)13/h5-6H,3-4H2,1-2H3. The Hall–Kier alpha value is -0.510. The summed E-state index contributed by atoms with van der Waals surface area (Å²) >= 11 is 3.25. The van der Waals surface area contributed by atoms with Crippen LogP contribution in [0.1, 0.15) is 25.8 Å². The lowest BCUT2D eigenvalue weighted by Gasteiger charge is -2.24. The van der Waals surface area contributed by atoms with E-state index >= 15 is 0 Å². The molecule has 0 spiro atoms. The molecule has 1 rings (SSSR count). The van der Waals surface area contributed by atoms with E-state index in [1.807, 2.05) is 0 Å².